The van der Waals surface area contributed by atoms with E-state index in [-0.39, 0.29) is 0 Å². The fraction of sp³-hybridized carbons (Fsp3) is 0.750. The van der Waals surface area contributed by atoms with Crippen molar-refractivity contribution < 1.29 is 4.79 Å². The molecule has 0 bridgehead atoms. The summed E-state index contributed by atoms with van der Waals surface area (Å²) >= 11 is 0. The molecule has 1 aliphatic rings. The summed E-state index contributed by atoms with van der Waals surface area (Å²) in [6.07, 6.45) is 12.1. The molecule has 0 saturated carbocycles. The van der Waals surface area contributed by atoms with E-state index < -0.39 is 0 Å². The van der Waals surface area contributed by atoms with Gasteiger partial charge in [-0.05, 0) is 51.7 Å². The van der Waals surface area contributed by atoms with Crippen molar-refractivity contribution in [3.8, 4) is 0 Å². The van der Waals surface area contributed by atoms with Crippen LogP contribution in [0.2, 0.25) is 0 Å². The number of carbonyl (C=O) groups is 1. The fourth-order valence-corrected chi connectivity index (χ4v) is 1.84. The second-order valence-electron chi connectivity index (χ2n) is 3.91. The van der Waals surface area contributed by atoms with Crippen LogP contribution in [0, 0.1) is 0 Å². The smallest absolute Gasteiger partial charge is 0.120 e. The van der Waals surface area contributed by atoms with Gasteiger partial charge in [-0.15, -0.1) is 0 Å². The Morgan fingerprint density at radius 2 is 1.71 bits per heavy atom. The fourth-order valence-electron chi connectivity index (χ4n) is 1.84. The van der Waals surface area contributed by atoms with E-state index in [1.165, 1.54) is 38.9 Å². The van der Waals surface area contributed by atoms with Gasteiger partial charge in [-0.1, -0.05) is 12.2 Å². The maximum Gasteiger partial charge on any atom is 0.120 e. The number of carbonyl (C=O) groups excluding carboxylic acids is 1. The van der Waals surface area contributed by atoms with Crippen molar-refractivity contribution in [2.24, 2.45) is 0 Å². The molecule has 1 fully saturated rings. The molecule has 0 aromatic carbocycles. The first kappa shape index (κ1) is 11.4. The molecule has 0 atom stereocenters. The molecule has 1 saturated heterocycles. The van der Waals surface area contributed by atoms with Gasteiger partial charge in [0.1, 0.15) is 6.29 Å². The van der Waals surface area contributed by atoms with Crippen LogP contribution in [0.25, 0.3) is 0 Å². The number of nitrogens with zero attached hydrogens (tertiary/aromatic N) is 1. The van der Waals surface area contributed by atoms with Gasteiger partial charge >= 0.3 is 0 Å². The van der Waals surface area contributed by atoms with Crippen LogP contribution in [0.5, 0.6) is 0 Å². The number of aldehydes is 1. The summed E-state index contributed by atoms with van der Waals surface area (Å²) in [5.74, 6) is 0. The number of hydrogen-bond acceptors (Lipinski definition) is 2. The third-order valence-corrected chi connectivity index (χ3v) is 2.66. The molecule has 2 nitrogen and oxygen atoms in total. The van der Waals surface area contributed by atoms with Crippen molar-refractivity contribution in [3.05, 3.63) is 12.2 Å². The van der Waals surface area contributed by atoms with Gasteiger partial charge in [0.25, 0.3) is 0 Å². The van der Waals surface area contributed by atoms with E-state index in [9.17, 15) is 4.79 Å². The van der Waals surface area contributed by atoms with Crippen LogP contribution in [0.1, 0.15) is 38.5 Å². The summed E-state index contributed by atoms with van der Waals surface area (Å²) in [7, 11) is 0. The quantitative estimate of drug-likeness (QED) is 0.353. The maximum atomic E-state index is 10.0. The van der Waals surface area contributed by atoms with E-state index in [0.29, 0.717) is 6.42 Å². The Hall–Kier alpha value is -0.630. The lowest BCUT2D eigenvalue weighted by Crippen LogP contribution is -2.19. The number of rotatable bonds is 7. The topological polar surface area (TPSA) is 20.3 Å². The second-order valence-corrected chi connectivity index (χ2v) is 3.91. The van der Waals surface area contributed by atoms with Gasteiger partial charge in [-0.3, -0.25) is 0 Å². The zero-order valence-corrected chi connectivity index (χ0v) is 8.95. The minimum absolute atomic E-state index is 0.669. The molecule has 2 heteroatoms. The van der Waals surface area contributed by atoms with Crippen LogP contribution in [0.15, 0.2) is 12.2 Å². The van der Waals surface area contributed by atoms with Crippen LogP contribution < -0.4 is 0 Å². The van der Waals surface area contributed by atoms with Crippen LogP contribution >= 0.6 is 0 Å². The van der Waals surface area contributed by atoms with Crippen molar-refractivity contribution in [1.29, 1.82) is 0 Å². The van der Waals surface area contributed by atoms with Gasteiger partial charge < -0.3 is 9.69 Å². The Balaban J connectivity index is 1.87. The average Bonchev–Trinajstić information content (AvgIpc) is 2.69. The lowest BCUT2D eigenvalue weighted by molar-refractivity contribution is -0.107. The van der Waals surface area contributed by atoms with Gasteiger partial charge in [0, 0.05) is 6.42 Å². The van der Waals surface area contributed by atoms with Crippen LogP contribution in [0.4, 0.5) is 0 Å². The van der Waals surface area contributed by atoms with E-state index >= 15 is 0 Å². The Labute approximate surface area is 87.0 Å². The van der Waals surface area contributed by atoms with Gasteiger partial charge in [0.05, 0.1) is 0 Å². The lowest BCUT2D eigenvalue weighted by atomic mass is 10.2. The molecule has 1 rings (SSSR count). The van der Waals surface area contributed by atoms with E-state index in [2.05, 4.69) is 17.1 Å². The van der Waals surface area contributed by atoms with E-state index in [1.54, 1.807) is 0 Å². The maximum absolute atomic E-state index is 10.0. The Bertz CT molecular complexity index is 171. The number of likely N-dealkylation sites (tertiary alicyclic amines) is 1. The van der Waals surface area contributed by atoms with Crippen molar-refractivity contribution in [2.45, 2.75) is 38.5 Å². The molecule has 0 spiro atoms. The molecule has 80 valence electrons. The third kappa shape index (κ3) is 5.18. The molecule has 0 aromatic rings. The van der Waals surface area contributed by atoms with Crippen LogP contribution in [0.3, 0.4) is 0 Å². The Morgan fingerprint density at radius 3 is 2.43 bits per heavy atom. The molecule has 1 aliphatic heterocycles. The molecule has 0 aliphatic carbocycles. The highest BCUT2D eigenvalue weighted by molar-refractivity contribution is 5.49. The van der Waals surface area contributed by atoms with E-state index in [0.717, 1.165) is 19.1 Å². The largest absolute Gasteiger partial charge is 0.303 e. The second kappa shape index (κ2) is 7.74. The molecule has 0 N–H and O–H groups in total. The highest BCUT2D eigenvalue weighted by Gasteiger charge is 2.09. The predicted molar refractivity (Wildman–Crippen MR) is 59.3 cm³/mol. The number of allylic oxidation sites excluding steroid dienone is 2. The zero-order chi connectivity index (χ0) is 10.1. The summed E-state index contributed by atoms with van der Waals surface area (Å²) in [5.41, 5.74) is 0. The Kier molecular flexibility index (Phi) is 6.33. The normalized spacial score (nSPS) is 18.0. The molecular formula is C12H21NO. The SMILES string of the molecule is O=CCCC=CCCCN1CCCC1. The minimum Gasteiger partial charge on any atom is -0.303 e. The van der Waals surface area contributed by atoms with Gasteiger partial charge in [-0.25, -0.2) is 0 Å². The zero-order valence-electron chi connectivity index (χ0n) is 8.95. The molecule has 0 radical (unpaired) electrons. The summed E-state index contributed by atoms with van der Waals surface area (Å²) in [6.45, 7) is 3.85. The molecule has 0 aromatic heterocycles. The summed E-state index contributed by atoms with van der Waals surface area (Å²) in [5, 5.41) is 0. The monoisotopic (exact) mass is 195 g/mol. The summed E-state index contributed by atoms with van der Waals surface area (Å²) in [6, 6.07) is 0. The first-order valence-corrected chi connectivity index (χ1v) is 5.74. The van der Waals surface area contributed by atoms with Crippen molar-refractivity contribution in [2.75, 3.05) is 19.6 Å². The van der Waals surface area contributed by atoms with Gasteiger partial charge in [-0.2, -0.15) is 0 Å². The van der Waals surface area contributed by atoms with Crippen molar-refractivity contribution >= 4 is 6.29 Å². The highest BCUT2D eigenvalue weighted by atomic mass is 16.1. The summed E-state index contributed by atoms with van der Waals surface area (Å²) in [4.78, 5) is 12.6. The molecular weight excluding hydrogens is 174 g/mol. The van der Waals surface area contributed by atoms with Gasteiger partial charge in [0.15, 0.2) is 0 Å². The lowest BCUT2D eigenvalue weighted by Gasteiger charge is -2.12. The third-order valence-electron chi connectivity index (χ3n) is 2.66. The number of unbranched alkanes of at least 4 members (excludes halogenated alkanes) is 2. The molecule has 0 unspecified atom stereocenters. The van der Waals surface area contributed by atoms with Crippen LogP contribution in [-0.2, 0) is 4.79 Å². The first-order valence-electron chi connectivity index (χ1n) is 5.74. The van der Waals surface area contributed by atoms with E-state index in [4.69, 9.17) is 0 Å². The number of hydrogen-bond donors (Lipinski definition) is 0. The minimum atomic E-state index is 0.669. The molecule has 14 heavy (non-hydrogen) atoms. The average molecular weight is 195 g/mol. The van der Waals surface area contributed by atoms with Crippen LogP contribution in [-0.4, -0.2) is 30.8 Å². The van der Waals surface area contributed by atoms with E-state index in [1.807, 2.05) is 0 Å². The van der Waals surface area contributed by atoms with Gasteiger partial charge in [0.2, 0.25) is 0 Å². The van der Waals surface area contributed by atoms with Crippen molar-refractivity contribution in [1.82, 2.24) is 4.90 Å². The Morgan fingerprint density at radius 1 is 1.00 bits per heavy atom. The standard InChI is InChI=1S/C12H21NO/c14-12-8-4-2-1-3-5-9-13-10-6-7-11-13/h1-2,12H,3-11H2. The molecule has 1 heterocycles. The predicted octanol–water partition coefficient (Wildman–Crippen LogP) is 2.40. The van der Waals surface area contributed by atoms with Crippen molar-refractivity contribution in [3.63, 3.8) is 0 Å². The summed E-state index contributed by atoms with van der Waals surface area (Å²) < 4.78 is 0. The molecule has 0 amide bonds. The first-order chi connectivity index (χ1) is 6.93. The highest BCUT2D eigenvalue weighted by Crippen LogP contribution is 2.08.